The van der Waals surface area contributed by atoms with E-state index in [1.807, 2.05) is 66.9 Å². The highest BCUT2D eigenvalue weighted by Gasteiger charge is 2.27. The Balaban J connectivity index is 1.51. The molecule has 1 amide bonds. The van der Waals surface area contributed by atoms with Crippen molar-refractivity contribution in [1.82, 2.24) is 15.2 Å². The Hall–Kier alpha value is -3.85. The number of aliphatic imine (C=N–C) groups is 1. The maximum absolute atomic E-state index is 12.9. The van der Waals surface area contributed by atoms with Gasteiger partial charge in [-0.2, -0.15) is 0 Å². The Morgan fingerprint density at radius 2 is 1.87 bits per heavy atom. The fourth-order valence-corrected chi connectivity index (χ4v) is 3.73. The first-order valence-corrected chi connectivity index (χ1v) is 10.1. The summed E-state index contributed by atoms with van der Waals surface area (Å²) < 4.78 is 5.65. The van der Waals surface area contributed by atoms with Gasteiger partial charge in [-0.1, -0.05) is 53.6 Å². The summed E-state index contributed by atoms with van der Waals surface area (Å²) in [5, 5.41) is 16.6. The summed E-state index contributed by atoms with van der Waals surface area (Å²) in [5.74, 6) is -0.0379. The number of benzodiazepines with no additional fused rings is 1. The van der Waals surface area contributed by atoms with Gasteiger partial charge in [0.15, 0.2) is 0 Å². The number of aryl methyl sites for hydroxylation is 1. The number of amides is 1. The van der Waals surface area contributed by atoms with Crippen molar-refractivity contribution in [3.8, 4) is 11.6 Å². The molecule has 1 aliphatic heterocycles. The Morgan fingerprint density at radius 1 is 1.07 bits per heavy atom. The van der Waals surface area contributed by atoms with Gasteiger partial charge in [0.1, 0.15) is 5.69 Å². The zero-order valence-electron chi connectivity index (χ0n) is 15.9. The monoisotopic (exact) mass is 416 g/mol. The molecule has 9 heteroatoms. The highest BCUT2D eigenvalue weighted by Crippen LogP contribution is 2.26. The average Bonchev–Trinajstić information content (AvgIpc) is 3.38. The normalized spacial score (nSPS) is 15.7. The van der Waals surface area contributed by atoms with Crippen LogP contribution in [0.2, 0.25) is 0 Å². The number of rotatable bonds is 4. The Morgan fingerprint density at radius 3 is 2.67 bits per heavy atom. The highest BCUT2D eigenvalue weighted by atomic mass is 32.1. The quantitative estimate of drug-likeness (QED) is 0.525. The molecule has 148 valence electrons. The van der Waals surface area contributed by atoms with Crippen LogP contribution in [0.1, 0.15) is 16.1 Å². The number of para-hydroxylation sites is 1. The average molecular weight is 416 g/mol. The van der Waals surface area contributed by atoms with E-state index in [0.717, 1.165) is 16.1 Å². The molecule has 0 radical (unpaired) electrons. The molecule has 0 saturated carbocycles. The molecule has 1 aliphatic rings. The molecule has 3 heterocycles. The molecule has 8 nitrogen and oxygen atoms in total. The number of hydrogen-bond donors (Lipinski definition) is 2. The predicted octanol–water partition coefficient (Wildman–Crippen LogP) is 3.73. The van der Waals surface area contributed by atoms with Crippen molar-refractivity contribution in [3.05, 3.63) is 76.1 Å². The molecule has 2 aromatic heterocycles. The zero-order valence-corrected chi connectivity index (χ0v) is 16.7. The van der Waals surface area contributed by atoms with E-state index in [4.69, 9.17) is 9.41 Å². The molecule has 0 unspecified atom stereocenters. The number of thiazole rings is 1. The van der Waals surface area contributed by atoms with Crippen LogP contribution < -0.4 is 10.6 Å². The van der Waals surface area contributed by atoms with Crippen molar-refractivity contribution >= 4 is 34.7 Å². The lowest BCUT2D eigenvalue weighted by Crippen LogP contribution is -2.32. The lowest BCUT2D eigenvalue weighted by molar-refractivity contribution is -0.116. The third kappa shape index (κ3) is 3.46. The maximum Gasteiger partial charge on any atom is 0.317 e. The summed E-state index contributed by atoms with van der Waals surface area (Å²) in [7, 11) is 0. The Kier molecular flexibility index (Phi) is 4.56. The van der Waals surface area contributed by atoms with Gasteiger partial charge < -0.3 is 15.1 Å². The highest BCUT2D eigenvalue weighted by molar-refractivity contribution is 7.09. The SMILES string of the molecule is Cc1nc(-c2nnc(N[C@H]3N=C(c4ccccc4)c4ccccc4NC3=O)o2)cs1. The topological polar surface area (TPSA) is 105 Å². The largest absolute Gasteiger partial charge is 0.402 e. The molecule has 0 aliphatic carbocycles. The molecule has 2 aromatic carbocycles. The van der Waals surface area contributed by atoms with Crippen LogP contribution in [0.15, 0.2) is 69.4 Å². The minimum Gasteiger partial charge on any atom is -0.402 e. The maximum atomic E-state index is 12.9. The molecule has 0 bridgehead atoms. The fraction of sp³-hybridized carbons (Fsp3) is 0.0952. The van der Waals surface area contributed by atoms with Gasteiger partial charge in [0.05, 0.1) is 16.4 Å². The second kappa shape index (κ2) is 7.53. The number of nitrogens with one attached hydrogen (secondary N) is 2. The Bertz CT molecular complexity index is 1250. The van der Waals surface area contributed by atoms with Gasteiger partial charge in [-0.15, -0.1) is 16.4 Å². The molecule has 5 rings (SSSR count). The minimum absolute atomic E-state index is 0.0953. The number of nitrogens with zero attached hydrogens (tertiary/aromatic N) is 4. The van der Waals surface area contributed by atoms with Crippen molar-refractivity contribution in [3.63, 3.8) is 0 Å². The van der Waals surface area contributed by atoms with Gasteiger partial charge in [0.2, 0.25) is 6.17 Å². The third-order valence-electron chi connectivity index (χ3n) is 4.52. The number of benzene rings is 2. The Labute approximate surface area is 175 Å². The molecule has 0 fully saturated rings. The predicted molar refractivity (Wildman–Crippen MR) is 115 cm³/mol. The van der Waals surface area contributed by atoms with Crippen molar-refractivity contribution in [1.29, 1.82) is 0 Å². The van der Waals surface area contributed by atoms with Crippen LogP contribution in [0.25, 0.3) is 11.6 Å². The van der Waals surface area contributed by atoms with E-state index < -0.39 is 6.17 Å². The van der Waals surface area contributed by atoms with E-state index in [1.165, 1.54) is 11.3 Å². The van der Waals surface area contributed by atoms with Crippen LogP contribution in [-0.4, -0.2) is 33.0 Å². The molecular weight excluding hydrogens is 400 g/mol. The van der Waals surface area contributed by atoms with Crippen LogP contribution in [0.4, 0.5) is 11.7 Å². The summed E-state index contributed by atoms with van der Waals surface area (Å²) in [6.45, 7) is 1.90. The van der Waals surface area contributed by atoms with Crippen LogP contribution >= 0.6 is 11.3 Å². The number of hydrogen-bond acceptors (Lipinski definition) is 8. The van der Waals surface area contributed by atoms with Gasteiger partial charge in [0.25, 0.3) is 11.8 Å². The number of carbonyl (C=O) groups excluding carboxylic acids is 1. The molecule has 2 N–H and O–H groups in total. The van der Waals surface area contributed by atoms with Crippen molar-refractivity contribution in [2.45, 2.75) is 13.1 Å². The van der Waals surface area contributed by atoms with Gasteiger partial charge in [-0.05, 0) is 13.0 Å². The number of fused-ring (bicyclic) bond motifs is 1. The van der Waals surface area contributed by atoms with Crippen LogP contribution in [0, 0.1) is 6.92 Å². The second-order valence-electron chi connectivity index (χ2n) is 6.59. The molecule has 0 spiro atoms. The van der Waals surface area contributed by atoms with Gasteiger partial charge >= 0.3 is 6.01 Å². The third-order valence-corrected chi connectivity index (χ3v) is 5.29. The standard InChI is InChI=1S/C21H16N6O2S/c1-12-22-16(11-30-12)20-26-27-21(29-20)25-18-19(28)23-15-10-6-5-9-14(15)17(24-18)13-7-3-2-4-8-13/h2-11,18H,1H3,(H,23,28)(H,25,27)/t18-/m1/s1. The molecule has 1 atom stereocenters. The van der Waals surface area contributed by atoms with Gasteiger partial charge in [-0.25, -0.2) is 9.98 Å². The first kappa shape index (κ1) is 18.2. The number of aromatic nitrogens is 3. The van der Waals surface area contributed by atoms with Crippen molar-refractivity contribution in [2.24, 2.45) is 4.99 Å². The van der Waals surface area contributed by atoms with E-state index in [0.29, 0.717) is 17.1 Å². The van der Waals surface area contributed by atoms with Gasteiger partial charge in [0, 0.05) is 16.5 Å². The van der Waals surface area contributed by atoms with Crippen LogP contribution in [0.3, 0.4) is 0 Å². The van der Waals surface area contributed by atoms with E-state index in [1.54, 1.807) is 0 Å². The summed E-state index contributed by atoms with van der Waals surface area (Å²) in [6, 6.07) is 17.4. The summed E-state index contributed by atoms with van der Waals surface area (Å²) in [6.07, 6.45) is -0.946. The van der Waals surface area contributed by atoms with E-state index in [9.17, 15) is 4.79 Å². The first-order valence-electron chi connectivity index (χ1n) is 9.23. The number of anilines is 2. The molecular formula is C21H16N6O2S. The van der Waals surface area contributed by atoms with Crippen molar-refractivity contribution in [2.75, 3.05) is 10.6 Å². The summed E-state index contributed by atoms with van der Waals surface area (Å²) in [5.41, 5.74) is 3.72. The van der Waals surface area contributed by atoms with Crippen LogP contribution in [0.5, 0.6) is 0 Å². The van der Waals surface area contributed by atoms with E-state index >= 15 is 0 Å². The number of carbonyl (C=O) groups is 1. The van der Waals surface area contributed by atoms with Crippen LogP contribution in [-0.2, 0) is 4.79 Å². The van der Waals surface area contributed by atoms with Gasteiger partial charge in [-0.3, -0.25) is 4.79 Å². The zero-order chi connectivity index (χ0) is 20.5. The second-order valence-corrected chi connectivity index (χ2v) is 7.65. The first-order chi connectivity index (χ1) is 14.7. The summed E-state index contributed by atoms with van der Waals surface area (Å²) in [4.78, 5) is 21.9. The smallest absolute Gasteiger partial charge is 0.317 e. The molecule has 4 aromatic rings. The van der Waals surface area contributed by atoms with E-state index in [-0.39, 0.29) is 17.8 Å². The summed E-state index contributed by atoms with van der Waals surface area (Å²) >= 11 is 1.49. The van der Waals surface area contributed by atoms with E-state index in [2.05, 4.69) is 25.8 Å². The lowest BCUT2D eigenvalue weighted by Gasteiger charge is -2.11. The minimum atomic E-state index is -0.946. The van der Waals surface area contributed by atoms with Crippen molar-refractivity contribution < 1.29 is 9.21 Å². The lowest BCUT2D eigenvalue weighted by atomic mass is 10.0. The fourth-order valence-electron chi connectivity index (χ4n) is 3.14. The molecule has 0 saturated heterocycles. The molecule has 30 heavy (non-hydrogen) atoms.